The van der Waals surface area contributed by atoms with E-state index in [9.17, 15) is 0 Å². The van der Waals surface area contributed by atoms with Gasteiger partial charge in [-0.05, 0) is 52.5 Å². The lowest BCUT2D eigenvalue weighted by atomic mass is 9.97. The Balaban J connectivity index is 2.31. The molecule has 0 bridgehead atoms. The molecule has 0 saturated carbocycles. The minimum Gasteiger partial charge on any atom is -0.489 e. The summed E-state index contributed by atoms with van der Waals surface area (Å²) in [5.41, 5.74) is 6.90. The van der Waals surface area contributed by atoms with Crippen LogP contribution in [0.1, 0.15) is 38.7 Å². The van der Waals surface area contributed by atoms with Crippen molar-refractivity contribution in [1.29, 1.82) is 0 Å². The summed E-state index contributed by atoms with van der Waals surface area (Å²) in [6.07, 6.45) is 0.970. The number of ether oxygens (including phenoxy) is 2. The van der Waals surface area contributed by atoms with Crippen LogP contribution in [0.3, 0.4) is 0 Å². The molecule has 1 unspecified atom stereocenters. The van der Waals surface area contributed by atoms with E-state index in [4.69, 9.17) is 15.2 Å². The second-order valence-corrected chi connectivity index (χ2v) is 6.90. The summed E-state index contributed by atoms with van der Waals surface area (Å²) in [7, 11) is 0. The Bertz CT molecular complexity index is 460. The zero-order valence-electron chi connectivity index (χ0n) is 11.8. The summed E-state index contributed by atoms with van der Waals surface area (Å²) in [6, 6.07) is 4.20. The SMILES string of the molecule is CC(CCN)c1cc(Br)c2c(c1)OCC(C)(C)CO2. The summed E-state index contributed by atoms with van der Waals surface area (Å²) in [5.74, 6) is 2.07. The molecule has 2 N–H and O–H groups in total. The lowest BCUT2D eigenvalue weighted by Crippen LogP contribution is -2.26. The Labute approximate surface area is 123 Å². The molecule has 1 aliphatic rings. The maximum atomic E-state index is 5.93. The highest BCUT2D eigenvalue weighted by Gasteiger charge is 2.27. The number of fused-ring (bicyclic) bond motifs is 1. The zero-order chi connectivity index (χ0) is 14.0. The van der Waals surface area contributed by atoms with Gasteiger partial charge in [-0.2, -0.15) is 0 Å². The highest BCUT2D eigenvalue weighted by Crippen LogP contribution is 2.42. The normalized spacial score (nSPS) is 18.8. The van der Waals surface area contributed by atoms with Crippen LogP contribution in [0.25, 0.3) is 0 Å². The summed E-state index contributed by atoms with van der Waals surface area (Å²) >= 11 is 3.59. The van der Waals surface area contributed by atoms with Crippen molar-refractivity contribution in [3.8, 4) is 11.5 Å². The molecule has 106 valence electrons. The van der Waals surface area contributed by atoms with Gasteiger partial charge in [0.15, 0.2) is 11.5 Å². The van der Waals surface area contributed by atoms with Crippen LogP contribution in [0, 0.1) is 5.41 Å². The van der Waals surface area contributed by atoms with Gasteiger partial charge >= 0.3 is 0 Å². The average Bonchev–Trinajstić information content (AvgIpc) is 2.49. The maximum absolute atomic E-state index is 5.93. The van der Waals surface area contributed by atoms with Crippen molar-refractivity contribution in [3.63, 3.8) is 0 Å². The molecule has 0 saturated heterocycles. The van der Waals surface area contributed by atoms with Gasteiger partial charge < -0.3 is 15.2 Å². The molecule has 1 atom stereocenters. The first-order valence-electron chi connectivity index (χ1n) is 6.72. The van der Waals surface area contributed by atoms with E-state index in [1.165, 1.54) is 5.56 Å². The van der Waals surface area contributed by atoms with Crippen LogP contribution in [-0.4, -0.2) is 19.8 Å². The van der Waals surface area contributed by atoms with E-state index in [0.29, 0.717) is 25.7 Å². The van der Waals surface area contributed by atoms with Crippen molar-refractivity contribution in [1.82, 2.24) is 0 Å². The van der Waals surface area contributed by atoms with Gasteiger partial charge in [0.1, 0.15) is 0 Å². The van der Waals surface area contributed by atoms with Crippen LogP contribution in [0.4, 0.5) is 0 Å². The molecule has 0 aliphatic carbocycles. The molecule has 1 aromatic rings. The van der Waals surface area contributed by atoms with E-state index in [1.54, 1.807) is 0 Å². The molecular weight excluding hydrogens is 306 g/mol. The first kappa shape index (κ1) is 14.7. The van der Waals surface area contributed by atoms with E-state index in [1.807, 2.05) is 0 Å². The molecular formula is C15H22BrNO2. The molecule has 3 nitrogen and oxygen atoms in total. The van der Waals surface area contributed by atoms with Crippen LogP contribution in [-0.2, 0) is 0 Å². The van der Waals surface area contributed by atoms with Crippen molar-refractivity contribution in [2.45, 2.75) is 33.1 Å². The predicted molar refractivity (Wildman–Crippen MR) is 81.0 cm³/mol. The zero-order valence-corrected chi connectivity index (χ0v) is 13.4. The molecule has 0 spiro atoms. The third-order valence-electron chi connectivity index (χ3n) is 3.43. The van der Waals surface area contributed by atoms with Crippen molar-refractivity contribution in [2.24, 2.45) is 11.1 Å². The highest BCUT2D eigenvalue weighted by atomic mass is 79.9. The fraction of sp³-hybridized carbons (Fsp3) is 0.600. The van der Waals surface area contributed by atoms with Gasteiger partial charge in [0.05, 0.1) is 17.7 Å². The van der Waals surface area contributed by atoms with Crippen LogP contribution in [0.2, 0.25) is 0 Å². The number of hydrogen-bond acceptors (Lipinski definition) is 3. The average molecular weight is 328 g/mol. The van der Waals surface area contributed by atoms with Crippen LogP contribution < -0.4 is 15.2 Å². The summed E-state index contributed by atoms with van der Waals surface area (Å²) in [4.78, 5) is 0. The second kappa shape index (κ2) is 5.71. The number of benzene rings is 1. The van der Waals surface area contributed by atoms with Crippen LogP contribution >= 0.6 is 15.9 Å². The molecule has 2 rings (SSSR count). The van der Waals surface area contributed by atoms with Gasteiger partial charge in [0.2, 0.25) is 0 Å². The van der Waals surface area contributed by atoms with Gasteiger partial charge in [0.25, 0.3) is 0 Å². The monoisotopic (exact) mass is 327 g/mol. The number of halogens is 1. The Kier molecular flexibility index (Phi) is 4.41. The second-order valence-electron chi connectivity index (χ2n) is 6.05. The molecule has 19 heavy (non-hydrogen) atoms. The topological polar surface area (TPSA) is 44.5 Å². The predicted octanol–water partition coefficient (Wildman–Crippen LogP) is 3.70. The Morgan fingerprint density at radius 2 is 2.00 bits per heavy atom. The van der Waals surface area contributed by atoms with Crippen molar-refractivity contribution in [2.75, 3.05) is 19.8 Å². The van der Waals surface area contributed by atoms with Crippen molar-refractivity contribution < 1.29 is 9.47 Å². The maximum Gasteiger partial charge on any atom is 0.175 e. The van der Waals surface area contributed by atoms with Crippen LogP contribution in [0.15, 0.2) is 16.6 Å². The van der Waals surface area contributed by atoms with Gasteiger partial charge in [-0.15, -0.1) is 0 Å². The van der Waals surface area contributed by atoms with Gasteiger partial charge in [0, 0.05) is 5.41 Å². The number of nitrogens with two attached hydrogens (primary N) is 1. The molecule has 4 heteroatoms. The van der Waals surface area contributed by atoms with Gasteiger partial charge in [-0.1, -0.05) is 20.8 Å². The van der Waals surface area contributed by atoms with E-state index in [-0.39, 0.29) is 5.41 Å². The molecule has 0 radical (unpaired) electrons. The summed E-state index contributed by atoms with van der Waals surface area (Å²) < 4.78 is 12.8. The summed E-state index contributed by atoms with van der Waals surface area (Å²) in [5, 5.41) is 0. The molecule has 1 aliphatic heterocycles. The minimum absolute atomic E-state index is 0.0293. The first-order chi connectivity index (χ1) is 8.93. The van der Waals surface area contributed by atoms with E-state index >= 15 is 0 Å². The molecule has 0 fully saturated rings. The lowest BCUT2D eigenvalue weighted by molar-refractivity contribution is 0.140. The smallest absolute Gasteiger partial charge is 0.175 e. The third kappa shape index (κ3) is 3.42. The number of rotatable bonds is 3. The lowest BCUT2D eigenvalue weighted by Gasteiger charge is -2.19. The fourth-order valence-electron chi connectivity index (χ4n) is 2.12. The number of hydrogen-bond donors (Lipinski definition) is 1. The Morgan fingerprint density at radius 3 is 2.68 bits per heavy atom. The third-order valence-corrected chi connectivity index (χ3v) is 4.02. The van der Waals surface area contributed by atoms with Gasteiger partial charge in [-0.3, -0.25) is 0 Å². The largest absolute Gasteiger partial charge is 0.489 e. The van der Waals surface area contributed by atoms with Crippen molar-refractivity contribution >= 4 is 15.9 Å². The van der Waals surface area contributed by atoms with Crippen LogP contribution in [0.5, 0.6) is 11.5 Å². The Morgan fingerprint density at radius 1 is 1.32 bits per heavy atom. The molecule has 1 heterocycles. The highest BCUT2D eigenvalue weighted by molar-refractivity contribution is 9.10. The van der Waals surface area contributed by atoms with Gasteiger partial charge in [-0.25, -0.2) is 0 Å². The standard InChI is InChI=1S/C15H22BrNO2/c1-10(4-5-17)11-6-12(16)14-13(7-11)18-8-15(2,3)9-19-14/h6-7,10H,4-5,8-9,17H2,1-3H3. The molecule has 0 amide bonds. The Hall–Kier alpha value is -0.740. The van der Waals surface area contributed by atoms with E-state index < -0.39 is 0 Å². The van der Waals surface area contributed by atoms with E-state index in [2.05, 4.69) is 48.8 Å². The van der Waals surface area contributed by atoms with E-state index in [0.717, 1.165) is 22.4 Å². The fourth-order valence-corrected chi connectivity index (χ4v) is 2.69. The quantitative estimate of drug-likeness (QED) is 0.920. The summed E-state index contributed by atoms with van der Waals surface area (Å²) in [6.45, 7) is 8.50. The first-order valence-corrected chi connectivity index (χ1v) is 7.51. The minimum atomic E-state index is 0.0293. The molecule has 1 aromatic carbocycles. The molecule has 0 aromatic heterocycles. The van der Waals surface area contributed by atoms with Crippen molar-refractivity contribution in [3.05, 3.63) is 22.2 Å².